The van der Waals surface area contributed by atoms with Crippen molar-refractivity contribution in [3.05, 3.63) is 30.0 Å². The molecule has 2 heterocycles. The van der Waals surface area contributed by atoms with Gasteiger partial charge in [-0.25, -0.2) is 19.2 Å². The fourth-order valence-electron chi connectivity index (χ4n) is 2.23. The number of aromatic nitrogens is 3. The van der Waals surface area contributed by atoms with Gasteiger partial charge in [0, 0.05) is 11.8 Å². The summed E-state index contributed by atoms with van der Waals surface area (Å²) >= 11 is 0. The number of alkyl halides is 3. The van der Waals surface area contributed by atoms with E-state index in [1.54, 1.807) is 19.2 Å². The van der Waals surface area contributed by atoms with E-state index in [9.17, 15) is 27.2 Å². The van der Waals surface area contributed by atoms with Crippen LogP contribution in [0.4, 0.5) is 23.4 Å². The third-order valence-electron chi connectivity index (χ3n) is 3.62. The Hall–Kier alpha value is -3.18. The first-order valence-electron chi connectivity index (χ1n) is 8.03. The number of hydrogen-bond donors (Lipinski definition) is 4. The predicted octanol–water partition coefficient (Wildman–Crippen LogP) is 2.42. The average molecular weight is 403 g/mol. The van der Waals surface area contributed by atoms with E-state index in [4.69, 9.17) is 5.11 Å². The maximum Gasteiger partial charge on any atom is 0.405 e. The molecule has 2 rings (SSSR count). The molecule has 2 aromatic rings. The molecule has 0 saturated heterocycles. The maximum atomic E-state index is 14.1. The summed E-state index contributed by atoms with van der Waals surface area (Å²) < 4.78 is 51.0. The molecule has 0 aliphatic rings. The lowest BCUT2D eigenvalue weighted by Gasteiger charge is -2.23. The number of aromatic amines is 1. The number of carbonyl (C=O) groups excluding carboxylic acids is 1. The Kier molecular flexibility index (Phi) is 6.21. The molecular formula is C16H17F4N5O3. The predicted molar refractivity (Wildman–Crippen MR) is 90.0 cm³/mol. The number of carbonyl (C=O) groups is 2. The van der Waals surface area contributed by atoms with Gasteiger partial charge in [-0.3, -0.25) is 4.79 Å². The van der Waals surface area contributed by atoms with Gasteiger partial charge in [0.05, 0.1) is 6.20 Å². The van der Waals surface area contributed by atoms with Crippen molar-refractivity contribution in [3.8, 4) is 11.4 Å². The summed E-state index contributed by atoms with van der Waals surface area (Å²) in [5.41, 5.74) is 0.118. The molecule has 12 heteroatoms. The topological polar surface area (TPSA) is 120 Å². The molecule has 0 fully saturated rings. The number of carboxylic acid groups (broad SMARTS) is 1. The van der Waals surface area contributed by atoms with Crippen LogP contribution in [0.3, 0.4) is 0 Å². The van der Waals surface area contributed by atoms with Gasteiger partial charge in [0.2, 0.25) is 5.91 Å². The Morgan fingerprint density at radius 2 is 2.00 bits per heavy atom. The van der Waals surface area contributed by atoms with E-state index in [1.807, 2.05) is 0 Å². The number of rotatable bonds is 7. The largest absolute Gasteiger partial charge is 0.477 e. The van der Waals surface area contributed by atoms with Crippen molar-refractivity contribution in [1.29, 1.82) is 0 Å². The fraction of sp³-hybridized carbons (Fsp3) is 0.375. The SMILES string of the molecule is CC(C)[C@@H](Nc1nc(-c2c[nH]c(C(=O)O)c2)ncc1F)C(=O)NCC(F)(F)F. The van der Waals surface area contributed by atoms with Gasteiger partial charge >= 0.3 is 12.1 Å². The molecule has 0 aliphatic heterocycles. The molecule has 1 amide bonds. The van der Waals surface area contributed by atoms with Crippen LogP contribution in [0.15, 0.2) is 18.5 Å². The summed E-state index contributed by atoms with van der Waals surface area (Å²) in [4.78, 5) is 33.2. The van der Waals surface area contributed by atoms with Gasteiger partial charge in [0.25, 0.3) is 0 Å². The molecule has 0 unspecified atom stereocenters. The lowest BCUT2D eigenvalue weighted by molar-refractivity contribution is -0.139. The van der Waals surface area contributed by atoms with Crippen LogP contribution in [0.1, 0.15) is 24.3 Å². The number of hydrogen-bond acceptors (Lipinski definition) is 5. The van der Waals surface area contributed by atoms with E-state index in [1.165, 1.54) is 12.3 Å². The third-order valence-corrected chi connectivity index (χ3v) is 3.62. The van der Waals surface area contributed by atoms with E-state index < -0.39 is 48.2 Å². The highest BCUT2D eigenvalue weighted by Crippen LogP contribution is 2.21. The zero-order valence-electron chi connectivity index (χ0n) is 14.8. The van der Waals surface area contributed by atoms with E-state index in [0.29, 0.717) is 0 Å². The average Bonchev–Trinajstić information content (AvgIpc) is 3.08. The molecule has 4 N–H and O–H groups in total. The van der Waals surface area contributed by atoms with Crippen LogP contribution in [0, 0.1) is 11.7 Å². The highest BCUT2D eigenvalue weighted by Gasteiger charge is 2.31. The molecule has 2 aromatic heterocycles. The summed E-state index contributed by atoms with van der Waals surface area (Å²) in [5.74, 6) is -4.03. The van der Waals surface area contributed by atoms with Gasteiger partial charge in [-0.1, -0.05) is 13.8 Å². The summed E-state index contributed by atoms with van der Waals surface area (Å²) in [6.45, 7) is 1.61. The monoisotopic (exact) mass is 403 g/mol. The minimum Gasteiger partial charge on any atom is -0.477 e. The smallest absolute Gasteiger partial charge is 0.405 e. The van der Waals surface area contributed by atoms with Crippen molar-refractivity contribution in [2.24, 2.45) is 5.92 Å². The van der Waals surface area contributed by atoms with E-state index in [2.05, 4.69) is 20.3 Å². The molecule has 0 aliphatic carbocycles. The van der Waals surface area contributed by atoms with Gasteiger partial charge < -0.3 is 20.7 Å². The molecule has 0 saturated carbocycles. The van der Waals surface area contributed by atoms with Crippen molar-refractivity contribution in [3.63, 3.8) is 0 Å². The van der Waals surface area contributed by atoms with Crippen molar-refractivity contribution >= 4 is 17.7 Å². The maximum absolute atomic E-state index is 14.1. The first-order chi connectivity index (χ1) is 13.0. The number of nitrogens with zero attached hydrogens (tertiary/aromatic N) is 2. The first-order valence-corrected chi connectivity index (χ1v) is 8.03. The number of aromatic carboxylic acids is 1. The number of carboxylic acids is 1. The molecule has 0 spiro atoms. The number of amides is 1. The second kappa shape index (κ2) is 8.23. The van der Waals surface area contributed by atoms with Crippen LogP contribution in [-0.4, -0.2) is 50.7 Å². The van der Waals surface area contributed by atoms with Crippen LogP contribution in [0.25, 0.3) is 11.4 Å². The Bertz CT molecular complexity index is 866. The van der Waals surface area contributed by atoms with Gasteiger partial charge in [0.1, 0.15) is 18.3 Å². The van der Waals surface area contributed by atoms with Crippen molar-refractivity contribution in [2.45, 2.75) is 26.1 Å². The highest BCUT2D eigenvalue weighted by molar-refractivity contribution is 5.87. The molecule has 152 valence electrons. The van der Waals surface area contributed by atoms with Crippen LogP contribution in [0.2, 0.25) is 0 Å². The van der Waals surface area contributed by atoms with Gasteiger partial charge in [-0.05, 0) is 12.0 Å². The number of H-pyrrole nitrogens is 1. The molecule has 8 nitrogen and oxygen atoms in total. The van der Waals surface area contributed by atoms with Gasteiger partial charge in [0.15, 0.2) is 17.5 Å². The van der Waals surface area contributed by atoms with Gasteiger partial charge in [-0.2, -0.15) is 13.2 Å². The number of anilines is 1. The van der Waals surface area contributed by atoms with E-state index >= 15 is 0 Å². The summed E-state index contributed by atoms with van der Waals surface area (Å²) in [6.07, 6.45) is -2.47. The molecular weight excluding hydrogens is 386 g/mol. The fourth-order valence-corrected chi connectivity index (χ4v) is 2.23. The van der Waals surface area contributed by atoms with Crippen LogP contribution >= 0.6 is 0 Å². The summed E-state index contributed by atoms with van der Waals surface area (Å²) in [5, 5.41) is 13.2. The van der Waals surface area contributed by atoms with Crippen molar-refractivity contribution in [1.82, 2.24) is 20.3 Å². The Labute approximate surface area is 156 Å². The van der Waals surface area contributed by atoms with E-state index in [-0.39, 0.29) is 17.1 Å². The van der Waals surface area contributed by atoms with Crippen LogP contribution in [-0.2, 0) is 4.79 Å². The zero-order chi connectivity index (χ0) is 21.1. The third kappa shape index (κ3) is 5.41. The standard InChI is InChI=1S/C16H17F4N5O3/c1-7(2)11(14(26)23-6-16(18,19)20)24-13-9(17)5-22-12(25-13)8-3-10(15(27)28)21-4-8/h3-5,7,11,21H,6H2,1-2H3,(H,23,26)(H,27,28)(H,22,24,25)/t11-/m1/s1. The first kappa shape index (κ1) is 21.1. The lowest BCUT2D eigenvalue weighted by atomic mass is 10.0. The quantitative estimate of drug-likeness (QED) is 0.527. The zero-order valence-corrected chi connectivity index (χ0v) is 14.8. The highest BCUT2D eigenvalue weighted by atomic mass is 19.4. The van der Waals surface area contributed by atoms with Crippen LogP contribution in [0.5, 0.6) is 0 Å². The van der Waals surface area contributed by atoms with E-state index in [0.717, 1.165) is 6.20 Å². The molecule has 0 radical (unpaired) electrons. The summed E-state index contributed by atoms with van der Waals surface area (Å²) in [7, 11) is 0. The van der Waals surface area contributed by atoms with Crippen molar-refractivity contribution in [2.75, 3.05) is 11.9 Å². The molecule has 0 aromatic carbocycles. The molecule has 1 atom stereocenters. The second-order valence-electron chi connectivity index (χ2n) is 6.20. The second-order valence-corrected chi connectivity index (χ2v) is 6.20. The molecule has 28 heavy (non-hydrogen) atoms. The summed E-state index contributed by atoms with van der Waals surface area (Å²) in [6, 6.07) is 0.0374. The van der Waals surface area contributed by atoms with Crippen molar-refractivity contribution < 1.29 is 32.3 Å². The minimum absolute atomic E-state index is 0.0362. The Morgan fingerprint density at radius 3 is 2.54 bits per heavy atom. The lowest BCUT2D eigenvalue weighted by Crippen LogP contribution is -2.46. The molecule has 0 bridgehead atoms. The Balaban J connectivity index is 2.24. The van der Waals surface area contributed by atoms with Crippen LogP contribution < -0.4 is 10.6 Å². The minimum atomic E-state index is -4.58. The number of nitrogens with one attached hydrogen (secondary N) is 3. The Morgan fingerprint density at radius 1 is 1.32 bits per heavy atom. The number of halogens is 4. The van der Waals surface area contributed by atoms with Gasteiger partial charge in [-0.15, -0.1) is 0 Å². The normalized spacial score (nSPS) is 12.7.